The third-order valence-electron chi connectivity index (χ3n) is 2.21. The van der Waals surface area contributed by atoms with Crippen LogP contribution < -0.4 is 10.6 Å². The number of carbonyl (C=O) groups is 1. The lowest BCUT2D eigenvalue weighted by atomic mass is 10.3. The number of anilines is 1. The van der Waals surface area contributed by atoms with Crippen LogP contribution in [0.5, 0.6) is 0 Å². The van der Waals surface area contributed by atoms with E-state index in [1.54, 1.807) is 19.2 Å². The van der Waals surface area contributed by atoms with E-state index >= 15 is 0 Å². The Hall–Kier alpha value is -1.66. The minimum Gasteiger partial charge on any atom is -0.434 e. The lowest BCUT2D eigenvalue weighted by Gasteiger charge is -2.02. The number of carbonyl (C=O) groups excluding carboxylic acids is 1. The third kappa shape index (κ3) is 3.18. The summed E-state index contributed by atoms with van der Waals surface area (Å²) < 4.78 is 6.24. The van der Waals surface area contributed by atoms with E-state index in [4.69, 9.17) is 4.42 Å². The Labute approximate surface area is 113 Å². The average Bonchev–Trinajstić information content (AvgIpc) is 2.81. The molecule has 18 heavy (non-hydrogen) atoms. The standard InChI is InChI=1S/C12H12BrN3O2/c1-14-7-11-15-6-10(18-11)12(17)16-9-4-2-8(13)3-5-9/h2-6,14H,7H2,1H3,(H,16,17). The molecule has 1 aromatic heterocycles. The van der Waals surface area contributed by atoms with Gasteiger partial charge in [-0.25, -0.2) is 4.98 Å². The number of benzene rings is 1. The molecule has 0 saturated carbocycles. The molecule has 1 amide bonds. The van der Waals surface area contributed by atoms with Gasteiger partial charge in [0.2, 0.25) is 11.7 Å². The Morgan fingerprint density at radius 3 is 2.78 bits per heavy atom. The van der Waals surface area contributed by atoms with Gasteiger partial charge >= 0.3 is 0 Å². The van der Waals surface area contributed by atoms with Crippen molar-refractivity contribution in [3.05, 3.63) is 46.6 Å². The first-order chi connectivity index (χ1) is 8.69. The first-order valence-corrected chi connectivity index (χ1v) is 6.14. The van der Waals surface area contributed by atoms with Crippen molar-refractivity contribution in [1.29, 1.82) is 0 Å². The van der Waals surface area contributed by atoms with Gasteiger partial charge in [0.1, 0.15) is 0 Å². The molecule has 1 aromatic carbocycles. The Morgan fingerprint density at radius 2 is 2.11 bits per heavy atom. The second-order valence-electron chi connectivity index (χ2n) is 3.61. The molecule has 0 bridgehead atoms. The van der Waals surface area contributed by atoms with Crippen molar-refractivity contribution in [2.24, 2.45) is 0 Å². The first-order valence-electron chi connectivity index (χ1n) is 5.35. The van der Waals surface area contributed by atoms with Gasteiger partial charge in [0.25, 0.3) is 5.91 Å². The number of rotatable bonds is 4. The maximum Gasteiger partial charge on any atom is 0.293 e. The molecule has 0 aliphatic rings. The molecule has 6 heteroatoms. The zero-order chi connectivity index (χ0) is 13.0. The molecule has 2 aromatic rings. The molecule has 2 N–H and O–H groups in total. The van der Waals surface area contributed by atoms with E-state index in [0.717, 1.165) is 4.47 Å². The Kier molecular flexibility index (Phi) is 4.11. The smallest absolute Gasteiger partial charge is 0.293 e. The predicted molar refractivity (Wildman–Crippen MR) is 71.4 cm³/mol. The van der Waals surface area contributed by atoms with Crippen molar-refractivity contribution >= 4 is 27.5 Å². The van der Waals surface area contributed by atoms with E-state index in [-0.39, 0.29) is 11.7 Å². The highest BCUT2D eigenvalue weighted by Gasteiger charge is 2.12. The monoisotopic (exact) mass is 309 g/mol. The molecule has 0 aliphatic carbocycles. The van der Waals surface area contributed by atoms with Crippen LogP contribution >= 0.6 is 15.9 Å². The lowest BCUT2D eigenvalue weighted by molar-refractivity contribution is 0.0995. The summed E-state index contributed by atoms with van der Waals surface area (Å²) in [5.41, 5.74) is 0.703. The van der Waals surface area contributed by atoms with Crippen LogP contribution in [0.4, 0.5) is 5.69 Å². The fraction of sp³-hybridized carbons (Fsp3) is 0.167. The molecule has 94 valence electrons. The summed E-state index contributed by atoms with van der Waals surface area (Å²) in [4.78, 5) is 15.8. The van der Waals surface area contributed by atoms with Crippen molar-refractivity contribution in [3.63, 3.8) is 0 Å². The van der Waals surface area contributed by atoms with Gasteiger partial charge in [-0.1, -0.05) is 15.9 Å². The minimum atomic E-state index is -0.313. The number of halogens is 1. The molecule has 0 atom stereocenters. The van der Waals surface area contributed by atoms with Gasteiger partial charge in [0, 0.05) is 10.2 Å². The Balaban J connectivity index is 2.04. The number of hydrogen-bond donors (Lipinski definition) is 2. The normalized spacial score (nSPS) is 10.3. The van der Waals surface area contributed by atoms with Crippen LogP contribution in [0.2, 0.25) is 0 Å². The van der Waals surface area contributed by atoms with E-state index in [1.807, 2.05) is 12.1 Å². The average molecular weight is 310 g/mol. The number of nitrogens with zero attached hydrogens (tertiary/aromatic N) is 1. The SMILES string of the molecule is CNCc1ncc(C(=O)Nc2ccc(Br)cc2)o1. The maximum atomic E-state index is 11.8. The first kappa shape index (κ1) is 12.8. The quantitative estimate of drug-likeness (QED) is 0.910. The lowest BCUT2D eigenvalue weighted by Crippen LogP contribution is -2.10. The number of oxazole rings is 1. The van der Waals surface area contributed by atoms with Crippen LogP contribution in [0.15, 0.2) is 39.4 Å². The summed E-state index contributed by atoms with van der Waals surface area (Å²) in [7, 11) is 1.78. The van der Waals surface area contributed by atoms with Crippen LogP contribution in [0.1, 0.15) is 16.4 Å². The predicted octanol–water partition coefficient (Wildman–Crippen LogP) is 2.41. The third-order valence-corrected chi connectivity index (χ3v) is 2.74. The molecule has 0 spiro atoms. The van der Waals surface area contributed by atoms with Gasteiger partial charge in [-0.2, -0.15) is 0 Å². The van der Waals surface area contributed by atoms with E-state index in [1.165, 1.54) is 6.20 Å². The summed E-state index contributed by atoms with van der Waals surface area (Å²) in [6.07, 6.45) is 1.42. The fourth-order valence-corrected chi connectivity index (χ4v) is 1.64. The van der Waals surface area contributed by atoms with E-state index in [0.29, 0.717) is 18.1 Å². The van der Waals surface area contributed by atoms with Crippen LogP contribution in [-0.2, 0) is 6.54 Å². The summed E-state index contributed by atoms with van der Waals surface area (Å²) in [5.74, 6) is 0.369. The molecule has 0 aliphatic heterocycles. The van der Waals surface area contributed by atoms with Crippen molar-refractivity contribution in [2.45, 2.75) is 6.54 Å². The summed E-state index contributed by atoms with van der Waals surface area (Å²) in [6, 6.07) is 7.30. The molecular formula is C12H12BrN3O2. The molecule has 0 fully saturated rings. The van der Waals surface area contributed by atoms with Gasteiger partial charge in [-0.15, -0.1) is 0 Å². The van der Waals surface area contributed by atoms with Crippen LogP contribution in [0, 0.1) is 0 Å². The van der Waals surface area contributed by atoms with Crippen molar-refractivity contribution < 1.29 is 9.21 Å². The topological polar surface area (TPSA) is 67.2 Å². The molecular weight excluding hydrogens is 298 g/mol. The number of amides is 1. The van der Waals surface area contributed by atoms with Gasteiger partial charge in [-0.3, -0.25) is 4.79 Å². The van der Waals surface area contributed by atoms with Gasteiger partial charge in [0.05, 0.1) is 12.7 Å². The van der Waals surface area contributed by atoms with E-state index in [9.17, 15) is 4.79 Å². The van der Waals surface area contributed by atoms with Crippen molar-refractivity contribution in [1.82, 2.24) is 10.3 Å². The van der Waals surface area contributed by atoms with Crippen LogP contribution in [0.3, 0.4) is 0 Å². The van der Waals surface area contributed by atoms with Crippen LogP contribution in [-0.4, -0.2) is 17.9 Å². The highest BCUT2D eigenvalue weighted by Crippen LogP contribution is 2.15. The molecule has 2 rings (SSSR count). The Morgan fingerprint density at radius 1 is 1.39 bits per heavy atom. The molecule has 5 nitrogen and oxygen atoms in total. The molecule has 0 radical (unpaired) electrons. The van der Waals surface area contributed by atoms with Crippen molar-refractivity contribution in [3.8, 4) is 0 Å². The largest absolute Gasteiger partial charge is 0.434 e. The zero-order valence-corrected chi connectivity index (χ0v) is 11.3. The zero-order valence-electron chi connectivity index (χ0n) is 9.74. The van der Waals surface area contributed by atoms with E-state index in [2.05, 4.69) is 31.5 Å². The molecule has 1 heterocycles. The highest BCUT2D eigenvalue weighted by atomic mass is 79.9. The van der Waals surface area contributed by atoms with Gasteiger partial charge in [-0.05, 0) is 31.3 Å². The Bertz CT molecular complexity index is 537. The van der Waals surface area contributed by atoms with Crippen LogP contribution in [0.25, 0.3) is 0 Å². The van der Waals surface area contributed by atoms with Gasteiger partial charge < -0.3 is 15.1 Å². The highest BCUT2D eigenvalue weighted by molar-refractivity contribution is 9.10. The summed E-state index contributed by atoms with van der Waals surface area (Å²) >= 11 is 3.33. The van der Waals surface area contributed by atoms with Crippen molar-refractivity contribution in [2.75, 3.05) is 12.4 Å². The second kappa shape index (κ2) is 5.79. The fourth-order valence-electron chi connectivity index (χ4n) is 1.37. The number of hydrogen-bond acceptors (Lipinski definition) is 4. The molecule has 0 unspecified atom stereocenters. The second-order valence-corrected chi connectivity index (χ2v) is 4.53. The minimum absolute atomic E-state index is 0.197. The number of aromatic nitrogens is 1. The summed E-state index contributed by atoms with van der Waals surface area (Å²) in [5, 5.41) is 5.63. The maximum absolute atomic E-state index is 11.8. The van der Waals surface area contributed by atoms with E-state index < -0.39 is 0 Å². The number of nitrogens with one attached hydrogen (secondary N) is 2. The molecule has 0 saturated heterocycles. The van der Waals surface area contributed by atoms with Gasteiger partial charge in [0.15, 0.2) is 0 Å². The summed E-state index contributed by atoms with van der Waals surface area (Å²) in [6.45, 7) is 0.492.